The molecule has 0 amide bonds. The molecule has 0 bridgehead atoms. The fraction of sp³-hybridized carbons (Fsp3) is 0.643. The molecular weight excluding hydrogens is 371 g/mol. The van der Waals surface area contributed by atoms with Crippen LogP contribution >= 0.6 is 0 Å². The molecule has 1 nitrogen and oxygen atoms in total. The maximum Gasteiger partial charge on any atom is 0.172 e. The largest absolute Gasteiger partial charge is 0.494 e. The van der Waals surface area contributed by atoms with Crippen LogP contribution in [0.4, 0.5) is 4.39 Å². The highest BCUT2D eigenvalue weighted by Crippen LogP contribution is 2.45. The molecule has 2 aliphatic carbocycles. The molecule has 4 rings (SSSR count). The summed E-state index contributed by atoms with van der Waals surface area (Å²) in [4.78, 5) is 0. The summed E-state index contributed by atoms with van der Waals surface area (Å²) in [5.41, 5.74) is 1.39. The van der Waals surface area contributed by atoms with E-state index in [1.807, 2.05) is 12.1 Å². The van der Waals surface area contributed by atoms with Crippen molar-refractivity contribution in [3.63, 3.8) is 0 Å². The van der Waals surface area contributed by atoms with Crippen molar-refractivity contribution in [3.8, 4) is 5.75 Å². The number of hydrogen-bond donors (Lipinski definition) is 0. The minimum atomic E-state index is -0.240. The number of methoxy groups -OCH3 is 1. The third-order valence-corrected chi connectivity index (χ3v) is 8.18. The van der Waals surface area contributed by atoms with Crippen molar-refractivity contribution in [2.24, 2.45) is 17.8 Å². The summed E-state index contributed by atoms with van der Waals surface area (Å²) < 4.78 is 19.6. The SMILES string of the molecule is CCCCCC1CCC(C2CCC(c3ccc4c(F)c(OC)ccc4c3)CC2)CC1. The van der Waals surface area contributed by atoms with Gasteiger partial charge in [0.05, 0.1) is 7.11 Å². The van der Waals surface area contributed by atoms with Crippen LogP contribution in [-0.4, -0.2) is 7.11 Å². The Bertz CT molecular complexity index is 813. The number of rotatable bonds is 7. The molecule has 0 saturated heterocycles. The molecule has 0 heterocycles. The van der Waals surface area contributed by atoms with Crippen LogP contribution in [0.5, 0.6) is 5.75 Å². The average molecular weight is 411 g/mol. The fourth-order valence-corrected chi connectivity index (χ4v) is 6.26. The number of unbranched alkanes of at least 4 members (excludes halogenated alkanes) is 2. The zero-order chi connectivity index (χ0) is 20.9. The van der Waals surface area contributed by atoms with Gasteiger partial charge in [-0.3, -0.25) is 0 Å². The van der Waals surface area contributed by atoms with Crippen LogP contribution in [0.3, 0.4) is 0 Å². The van der Waals surface area contributed by atoms with Crippen molar-refractivity contribution >= 4 is 10.8 Å². The summed E-state index contributed by atoms with van der Waals surface area (Å²) in [6, 6.07) is 10.1. The second-order valence-electron chi connectivity index (χ2n) is 9.95. The van der Waals surface area contributed by atoms with Crippen LogP contribution < -0.4 is 4.74 Å². The van der Waals surface area contributed by atoms with Crippen molar-refractivity contribution in [2.75, 3.05) is 7.11 Å². The molecule has 2 aromatic carbocycles. The predicted molar refractivity (Wildman–Crippen MR) is 125 cm³/mol. The Kier molecular flexibility index (Phi) is 7.33. The number of benzene rings is 2. The minimum absolute atomic E-state index is 0.240. The monoisotopic (exact) mass is 410 g/mol. The van der Waals surface area contributed by atoms with Gasteiger partial charge in [0.2, 0.25) is 0 Å². The van der Waals surface area contributed by atoms with E-state index < -0.39 is 0 Å². The van der Waals surface area contributed by atoms with E-state index in [0.29, 0.717) is 17.1 Å². The number of hydrogen-bond acceptors (Lipinski definition) is 1. The molecule has 2 heteroatoms. The molecule has 0 spiro atoms. The number of fused-ring (bicyclic) bond motifs is 1. The van der Waals surface area contributed by atoms with Gasteiger partial charge in [0.1, 0.15) is 0 Å². The van der Waals surface area contributed by atoms with Crippen LogP contribution in [0.15, 0.2) is 30.3 Å². The molecule has 0 aromatic heterocycles. The quantitative estimate of drug-likeness (QED) is 0.415. The van der Waals surface area contributed by atoms with Gasteiger partial charge in [0, 0.05) is 5.39 Å². The smallest absolute Gasteiger partial charge is 0.172 e. The van der Waals surface area contributed by atoms with Crippen molar-refractivity contribution in [3.05, 3.63) is 41.7 Å². The van der Waals surface area contributed by atoms with Gasteiger partial charge in [-0.05, 0) is 79.2 Å². The maximum atomic E-state index is 14.5. The lowest BCUT2D eigenvalue weighted by Gasteiger charge is -2.38. The molecule has 0 atom stereocenters. The van der Waals surface area contributed by atoms with E-state index in [1.165, 1.54) is 89.7 Å². The lowest BCUT2D eigenvalue weighted by molar-refractivity contribution is 0.155. The van der Waals surface area contributed by atoms with Crippen molar-refractivity contribution in [1.82, 2.24) is 0 Å². The molecule has 164 valence electrons. The van der Waals surface area contributed by atoms with E-state index >= 15 is 0 Å². The van der Waals surface area contributed by atoms with Crippen LogP contribution in [-0.2, 0) is 0 Å². The summed E-state index contributed by atoms with van der Waals surface area (Å²) in [7, 11) is 1.52. The summed E-state index contributed by atoms with van der Waals surface area (Å²) >= 11 is 0. The third kappa shape index (κ3) is 4.84. The molecule has 2 saturated carbocycles. The Hall–Kier alpha value is -1.57. The number of halogens is 1. The normalized spacial score (nSPS) is 27.3. The molecule has 0 N–H and O–H groups in total. The van der Waals surface area contributed by atoms with E-state index in [4.69, 9.17) is 4.74 Å². The molecule has 0 aliphatic heterocycles. The molecular formula is C28H39FO. The first-order valence-electron chi connectivity index (χ1n) is 12.5. The standard InChI is InChI=1S/C28H39FO/c1-3-4-5-6-20-7-9-21(10-8-20)22-11-13-23(14-12-22)24-15-17-26-25(19-24)16-18-27(30-2)28(26)29/h15-23H,3-14H2,1-2H3. The molecule has 0 unspecified atom stereocenters. The Morgan fingerprint density at radius 2 is 1.57 bits per heavy atom. The molecule has 2 aliphatic rings. The average Bonchev–Trinajstić information content (AvgIpc) is 2.80. The third-order valence-electron chi connectivity index (χ3n) is 8.18. The lowest BCUT2D eigenvalue weighted by Crippen LogP contribution is -2.25. The zero-order valence-corrected chi connectivity index (χ0v) is 19.0. The number of ether oxygens (including phenoxy) is 1. The van der Waals surface area contributed by atoms with Crippen LogP contribution in [0.2, 0.25) is 0 Å². The summed E-state index contributed by atoms with van der Waals surface area (Å²) in [5, 5.41) is 1.66. The van der Waals surface area contributed by atoms with E-state index in [9.17, 15) is 4.39 Å². The van der Waals surface area contributed by atoms with Gasteiger partial charge in [-0.25, -0.2) is 4.39 Å². The second kappa shape index (κ2) is 10.2. The Morgan fingerprint density at radius 3 is 2.23 bits per heavy atom. The maximum absolute atomic E-state index is 14.5. The highest BCUT2D eigenvalue weighted by Gasteiger charge is 2.31. The van der Waals surface area contributed by atoms with Crippen molar-refractivity contribution in [2.45, 2.75) is 89.9 Å². The van der Waals surface area contributed by atoms with Gasteiger partial charge in [-0.2, -0.15) is 0 Å². The fourth-order valence-electron chi connectivity index (χ4n) is 6.26. The zero-order valence-electron chi connectivity index (χ0n) is 19.0. The van der Waals surface area contributed by atoms with Crippen LogP contribution in [0, 0.1) is 23.6 Å². The highest BCUT2D eigenvalue weighted by molar-refractivity contribution is 5.85. The van der Waals surface area contributed by atoms with E-state index in [1.54, 1.807) is 6.07 Å². The van der Waals surface area contributed by atoms with Crippen LogP contribution in [0.25, 0.3) is 10.8 Å². The summed E-state index contributed by atoms with van der Waals surface area (Å²) in [5.74, 6) is 3.67. The Morgan fingerprint density at radius 1 is 0.867 bits per heavy atom. The molecule has 2 aromatic rings. The molecule has 0 radical (unpaired) electrons. The van der Waals surface area contributed by atoms with Gasteiger partial charge in [-0.1, -0.05) is 69.7 Å². The molecule has 2 fully saturated rings. The highest BCUT2D eigenvalue weighted by atomic mass is 19.1. The van der Waals surface area contributed by atoms with Gasteiger partial charge >= 0.3 is 0 Å². The first-order valence-corrected chi connectivity index (χ1v) is 12.5. The molecule has 30 heavy (non-hydrogen) atoms. The van der Waals surface area contributed by atoms with Gasteiger partial charge in [-0.15, -0.1) is 0 Å². The van der Waals surface area contributed by atoms with Crippen LogP contribution in [0.1, 0.15) is 95.5 Å². The van der Waals surface area contributed by atoms with Crippen molar-refractivity contribution < 1.29 is 9.13 Å². The van der Waals surface area contributed by atoms with Crippen molar-refractivity contribution in [1.29, 1.82) is 0 Å². The summed E-state index contributed by atoms with van der Waals surface area (Å²) in [6.45, 7) is 2.31. The van der Waals surface area contributed by atoms with Gasteiger partial charge in [0.25, 0.3) is 0 Å². The van der Waals surface area contributed by atoms with E-state index in [0.717, 1.165) is 23.1 Å². The van der Waals surface area contributed by atoms with Gasteiger partial charge in [0.15, 0.2) is 11.6 Å². The summed E-state index contributed by atoms with van der Waals surface area (Å²) in [6.07, 6.45) is 16.9. The Labute approximate surface area is 182 Å². The Balaban J connectivity index is 1.30. The van der Waals surface area contributed by atoms with E-state index in [-0.39, 0.29) is 5.82 Å². The first kappa shape index (κ1) is 21.7. The minimum Gasteiger partial charge on any atom is -0.494 e. The second-order valence-corrected chi connectivity index (χ2v) is 9.95. The lowest BCUT2D eigenvalue weighted by atomic mass is 9.68. The predicted octanol–water partition coefficient (Wildman–Crippen LogP) is 8.65. The van der Waals surface area contributed by atoms with Gasteiger partial charge < -0.3 is 4.74 Å². The topological polar surface area (TPSA) is 9.23 Å². The van der Waals surface area contributed by atoms with E-state index in [2.05, 4.69) is 19.1 Å². The first-order chi connectivity index (χ1) is 14.7.